The Balaban J connectivity index is 1.86. The Morgan fingerprint density at radius 2 is 1.58 bits per heavy atom. The van der Waals surface area contributed by atoms with E-state index in [1.165, 1.54) is 24.3 Å². The predicted molar refractivity (Wildman–Crippen MR) is 86.7 cm³/mol. The van der Waals surface area contributed by atoms with Gasteiger partial charge in [-0.1, -0.05) is 36.4 Å². The fraction of sp³-hybridized carbons (Fsp3) is 0.0556. The van der Waals surface area contributed by atoms with Gasteiger partial charge in [-0.3, -0.25) is 0 Å². The molecule has 1 aromatic heterocycles. The van der Waals surface area contributed by atoms with Crippen molar-refractivity contribution in [3.63, 3.8) is 0 Å². The van der Waals surface area contributed by atoms with Gasteiger partial charge in [-0.05, 0) is 42.8 Å². The molecule has 0 aliphatic rings. The molecule has 0 unspecified atom stereocenters. The summed E-state index contributed by atoms with van der Waals surface area (Å²) < 4.78 is 35.3. The van der Waals surface area contributed by atoms with Crippen molar-refractivity contribution in [2.24, 2.45) is 0 Å². The van der Waals surface area contributed by atoms with Crippen LogP contribution in [-0.2, 0) is 9.84 Å². The van der Waals surface area contributed by atoms with Crippen molar-refractivity contribution in [1.29, 1.82) is 0 Å². The highest BCUT2D eigenvalue weighted by molar-refractivity contribution is 7.91. The Labute approximate surface area is 139 Å². The Morgan fingerprint density at radius 3 is 2.29 bits per heavy atom. The molecule has 0 N–H and O–H groups in total. The highest BCUT2D eigenvalue weighted by Gasteiger charge is 2.24. The van der Waals surface area contributed by atoms with Crippen LogP contribution < -0.4 is 4.74 Å². The van der Waals surface area contributed by atoms with Crippen LogP contribution in [0.3, 0.4) is 0 Å². The minimum atomic E-state index is -3.81. The summed E-state index contributed by atoms with van der Waals surface area (Å²) in [5, 5.41) is -0.301. The minimum Gasteiger partial charge on any atom is -0.437 e. The maximum atomic E-state index is 12.4. The molecule has 3 rings (SSSR count). The Kier molecular flexibility index (Phi) is 4.22. The Bertz CT molecular complexity index is 971. The molecule has 0 fully saturated rings. The number of benzene rings is 2. The number of hydrogen-bond donors (Lipinski definition) is 0. The molecule has 0 spiro atoms. The number of esters is 1. The normalized spacial score (nSPS) is 11.2. The molecule has 0 saturated heterocycles. The number of hydrogen-bond acceptors (Lipinski definition) is 5. The molecule has 24 heavy (non-hydrogen) atoms. The molecule has 0 saturated carbocycles. The maximum Gasteiger partial charge on any atom is 0.379 e. The zero-order valence-electron chi connectivity index (χ0n) is 12.8. The first-order valence-corrected chi connectivity index (χ1v) is 8.64. The molecule has 0 aliphatic heterocycles. The molecule has 3 aromatic rings. The zero-order chi connectivity index (χ0) is 17.2. The van der Waals surface area contributed by atoms with Gasteiger partial charge in [-0.15, -0.1) is 0 Å². The van der Waals surface area contributed by atoms with Crippen molar-refractivity contribution in [2.75, 3.05) is 0 Å². The number of aryl methyl sites for hydroxylation is 1. The van der Waals surface area contributed by atoms with Gasteiger partial charge in [-0.25, -0.2) is 13.2 Å². The summed E-state index contributed by atoms with van der Waals surface area (Å²) in [6, 6.07) is 17.4. The topological polar surface area (TPSA) is 73.6 Å². The van der Waals surface area contributed by atoms with Crippen molar-refractivity contribution in [3.05, 3.63) is 78.1 Å². The number of furan rings is 1. The quantitative estimate of drug-likeness (QED) is 0.534. The lowest BCUT2D eigenvalue weighted by molar-refractivity contribution is 0.0694. The van der Waals surface area contributed by atoms with Gasteiger partial charge in [-0.2, -0.15) is 0 Å². The summed E-state index contributed by atoms with van der Waals surface area (Å²) in [4.78, 5) is 12.2. The lowest BCUT2D eigenvalue weighted by atomic mass is 10.2. The zero-order valence-corrected chi connectivity index (χ0v) is 13.6. The molecular formula is C18H14O5S. The maximum absolute atomic E-state index is 12.4. The molecular weight excluding hydrogens is 328 g/mol. The number of sulfone groups is 1. The smallest absolute Gasteiger partial charge is 0.379 e. The SMILES string of the molecule is Cc1ccccc1OC(=O)c1ccc(S(=O)(=O)c2ccccc2)o1. The van der Waals surface area contributed by atoms with Crippen LogP contribution >= 0.6 is 0 Å². The standard InChI is InChI=1S/C18H14O5S/c1-13-7-5-6-10-15(13)23-18(19)16-11-12-17(22-16)24(20,21)14-8-3-2-4-9-14/h2-12H,1H3. The van der Waals surface area contributed by atoms with E-state index in [4.69, 9.17) is 9.15 Å². The summed E-state index contributed by atoms with van der Waals surface area (Å²) in [7, 11) is -3.81. The lowest BCUT2D eigenvalue weighted by Gasteiger charge is -2.05. The van der Waals surface area contributed by atoms with Crippen molar-refractivity contribution >= 4 is 15.8 Å². The van der Waals surface area contributed by atoms with Crippen LogP contribution in [0.5, 0.6) is 5.75 Å². The van der Waals surface area contributed by atoms with Gasteiger partial charge in [0.25, 0.3) is 0 Å². The molecule has 0 aliphatic carbocycles. The number of rotatable bonds is 4. The average molecular weight is 342 g/mol. The van der Waals surface area contributed by atoms with Gasteiger partial charge in [0, 0.05) is 0 Å². The largest absolute Gasteiger partial charge is 0.437 e. The van der Waals surface area contributed by atoms with Crippen LogP contribution in [0.4, 0.5) is 0 Å². The number of ether oxygens (including phenoxy) is 1. The van der Waals surface area contributed by atoms with Crippen molar-refractivity contribution in [1.82, 2.24) is 0 Å². The summed E-state index contributed by atoms with van der Waals surface area (Å²) in [5.74, 6) is -0.530. The van der Waals surface area contributed by atoms with E-state index in [-0.39, 0.29) is 15.7 Å². The highest BCUT2D eigenvalue weighted by Crippen LogP contribution is 2.24. The third kappa shape index (κ3) is 3.09. The molecule has 0 bridgehead atoms. The predicted octanol–water partition coefficient (Wildman–Crippen LogP) is 3.64. The lowest BCUT2D eigenvalue weighted by Crippen LogP contribution is -2.08. The van der Waals surface area contributed by atoms with Gasteiger partial charge < -0.3 is 9.15 Å². The van der Waals surface area contributed by atoms with Gasteiger partial charge in [0.05, 0.1) is 4.90 Å². The molecule has 2 aromatic carbocycles. The molecule has 6 heteroatoms. The van der Waals surface area contributed by atoms with E-state index < -0.39 is 15.8 Å². The van der Waals surface area contributed by atoms with Crippen LogP contribution in [0.1, 0.15) is 16.1 Å². The van der Waals surface area contributed by atoms with Crippen molar-refractivity contribution in [3.8, 4) is 5.75 Å². The highest BCUT2D eigenvalue weighted by atomic mass is 32.2. The van der Waals surface area contributed by atoms with E-state index in [1.54, 1.807) is 43.3 Å². The summed E-state index contributed by atoms with van der Waals surface area (Å²) in [6.07, 6.45) is 0. The van der Waals surface area contributed by atoms with E-state index in [2.05, 4.69) is 0 Å². The average Bonchev–Trinajstić information content (AvgIpc) is 3.09. The van der Waals surface area contributed by atoms with E-state index >= 15 is 0 Å². The number of carbonyl (C=O) groups excluding carboxylic acids is 1. The summed E-state index contributed by atoms with van der Waals surface area (Å²) in [5.41, 5.74) is 0.787. The fourth-order valence-electron chi connectivity index (χ4n) is 2.11. The van der Waals surface area contributed by atoms with Crippen molar-refractivity contribution < 1.29 is 22.4 Å². The first-order chi connectivity index (χ1) is 11.5. The Hall–Kier alpha value is -2.86. The van der Waals surface area contributed by atoms with Crippen LogP contribution in [0.2, 0.25) is 0 Å². The third-order valence-electron chi connectivity index (χ3n) is 3.40. The summed E-state index contributed by atoms with van der Waals surface area (Å²) in [6.45, 7) is 1.80. The van der Waals surface area contributed by atoms with Crippen LogP contribution in [0.25, 0.3) is 0 Å². The molecule has 0 radical (unpaired) electrons. The first kappa shape index (κ1) is 16.0. The minimum absolute atomic E-state index is 0.0955. The second-order valence-electron chi connectivity index (χ2n) is 5.09. The summed E-state index contributed by atoms with van der Waals surface area (Å²) >= 11 is 0. The van der Waals surface area contributed by atoms with E-state index in [0.717, 1.165) is 5.56 Å². The number of carbonyl (C=O) groups is 1. The van der Waals surface area contributed by atoms with E-state index in [1.807, 2.05) is 6.07 Å². The second kappa shape index (κ2) is 6.33. The van der Waals surface area contributed by atoms with Gasteiger partial charge >= 0.3 is 5.97 Å². The van der Waals surface area contributed by atoms with Gasteiger partial charge in [0.1, 0.15) is 5.75 Å². The third-order valence-corrected chi connectivity index (χ3v) is 5.04. The van der Waals surface area contributed by atoms with Crippen LogP contribution in [0.15, 0.2) is 81.1 Å². The number of para-hydroxylation sites is 1. The fourth-order valence-corrected chi connectivity index (χ4v) is 3.31. The molecule has 1 heterocycles. The molecule has 0 atom stereocenters. The molecule has 122 valence electrons. The van der Waals surface area contributed by atoms with Gasteiger partial charge in [0.2, 0.25) is 20.7 Å². The second-order valence-corrected chi connectivity index (χ2v) is 6.97. The Morgan fingerprint density at radius 1 is 0.917 bits per heavy atom. The van der Waals surface area contributed by atoms with Crippen LogP contribution in [-0.4, -0.2) is 14.4 Å². The molecule has 0 amide bonds. The van der Waals surface area contributed by atoms with E-state index in [0.29, 0.717) is 5.75 Å². The molecule has 5 nitrogen and oxygen atoms in total. The van der Waals surface area contributed by atoms with Crippen molar-refractivity contribution in [2.45, 2.75) is 16.9 Å². The van der Waals surface area contributed by atoms with E-state index in [9.17, 15) is 13.2 Å². The van der Waals surface area contributed by atoms with Crippen LogP contribution in [0, 0.1) is 6.92 Å². The monoisotopic (exact) mass is 342 g/mol. The van der Waals surface area contributed by atoms with Gasteiger partial charge in [0.15, 0.2) is 0 Å². The first-order valence-electron chi connectivity index (χ1n) is 7.16.